The Morgan fingerprint density at radius 3 is 1.04 bits per heavy atom. The van der Waals surface area contributed by atoms with Crippen LogP contribution in [0.2, 0.25) is 45.3 Å². The van der Waals surface area contributed by atoms with Gasteiger partial charge in [0.15, 0.2) is 8.32 Å². The molecule has 0 saturated heterocycles. The van der Waals surface area contributed by atoms with Crippen LogP contribution in [0.3, 0.4) is 0 Å². The maximum atomic E-state index is 12.4. The molecule has 0 radical (unpaired) electrons. The Balaban J connectivity index is 0.00000116. The molecule has 0 atom stereocenters. The highest BCUT2D eigenvalue weighted by Gasteiger charge is 2.64. The lowest BCUT2D eigenvalue weighted by molar-refractivity contribution is -0.0651. The van der Waals surface area contributed by atoms with Crippen molar-refractivity contribution in [2.75, 3.05) is 0 Å². The Kier molecular flexibility index (Phi) is 15.8. The molecule has 0 aliphatic heterocycles. The van der Waals surface area contributed by atoms with Crippen LogP contribution in [0.15, 0.2) is 0 Å². The van der Waals surface area contributed by atoms with Crippen LogP contribution in [0.1, 0.15) is 38.5 Å². The first-order chi connectivity index (χ1) is 21.9. The van der Waals surface area contributed by atoms with Gasteiger partial charge >= 0.3 is 69.5 Å². The van der Waals surface area contributed by atoms with Crippen molar-refractivity contribution in [3.05, 3.63) is 6.42 Å². The number of rotatable bonds is 14. The van der Waals surface area contributed by atoms with E-state index in [9.17, 15) is 86.4 Å². The molecule has 0 aromatic rings. The number of halogens is 12. The smallest absolute Gasteiger partial charge is 0.408 e. The summed E-state index contributed by atoms with van der Waals surface area (Å²) < 4.78 is 251. The van der Waals surface area contributed by atoms with E-state index in [4.69, 9.17) is 4.43 Å². The van der Waals surface area contributed by atoms with Gasteiger partial charge in [0.25, 0.3) is 0 Å². The van der Waals surface area contributed by atoms with Crippen LogP contribution < -0.4 is 0 Å². The molecule has 1 saturated carbocycles. The van der Waals surface area contributed by atoms with Crippen LogP contribution >= 0.6 is 0 Å². The Bertz CT molecular complexity index is 1420. The fourth-order valence-corrected chi connectivity index (χ4v) is 8.94. The highest BCUT2D eigenvalue weighted by molar-refractivity contribution is 7.93. The fraction of sp³-hybridized carbons (Fsp3) is 0.947. The Morgan fingerprint density at radius 2 is 0.824 bits per heavy atom. The van der Waals surface area contributed by atoms with Crippen LogP contribution in [0.4, 0.5) is 52.7 Å². The van der Waals surface area contributed by atoms with Crippen molar-refractivity contribution in [1.82, 2.24) is 0 Å². The zero-order valence-corrected chi connectivity index (χ0v) is 32.3. The molecule has 32 heteroatoms. The van der Waals surface area contributed by atoms with Crippen molar-refractivity contribution in [2.24, 2.45) is 0 Å². The zero-order valence-electron chi connectivity index (χ0n) is 27.1. The fourth-order valence-electron chi connectivity index (χ4n) is 3.90. The van der Waals surface area contributed by atoms with E-state index in [1.807, 2.05) is 0 Å². The molecular weight excluding hydrogens is 859 g/mol. The summed E-state index contributed by atoms with van der Waals surface area (Å²) in [7, 11) is -34.6. The SMILES string of the molecule is C[Si](C)(C)C[CH+]CC1(O[Si](C)(C)C)CCCCC1.O=S(=O)(O[B-](OS(=O)(=O)C(F)(F)F)(OS(=O)(=O)C(F)(F)F)OS(=O)(=O)C(F)(F)F)C(F)(F)F. The standard InChI is InChI=1S/C15H33OSi2.C4BF12O12S4/c1-17(2,3)14-10-13-15(16-18(4,5)6)11-8-7-9-12-15;6-1(7,8)30(18,19)26-5(27-31(20,21)2(9,10)11,28-32(22,23)3(12,13)14)29-33(24,25)4(15,16)17/h10H,7-9,11-14H2,1-6H3;/q+1;-1. The third-order valence-electron chi connectivity index (χ3n) is 5.67. The second-order valence-electron chi connectivity index (χ2n) is 12.8. The lowest BCUT2D eigenvalue weighted by Crippen LogP contribution is -2.59. The predicted molar refractivity (Wildman–Crippen MR) is 157 cm³/mol. The van der Waals surface area contributed by atoms with Gasteiger partial charge in [-0.3, -0.25) is 0 Å². The molecule has 1 aliphatic carbocycles. The van der Waals surface area contributed by atoms with E-state index in [0.29, 0.717) is 0 Å². The van der Waals surface area contributed by atoms with Crippen molar-refractivity contribution in [1.29, 1.82) is 0 Å². The summed E-state index contributed by atoms with van der Waals surface area (Å²) >= 11 is 0. The van der Waals surface area contributed by atoms with Crippen LogP contribution in [0, 0.1) is 6.42 Å². The summed E-state index contributed by atoms with van der Waals surface area (Å²) in [6, 6.07) is 1.34. The van der Waals surface area contributed by atoms with Crippen molar-refractivity contribution in [3.8, 4) is 0 Å². The summed E-state index contributed by atoms with van der Waals surface area (Å²) in [6.07, 6.45) is 10.5. The van der Waals surface area contributed by atoms with Gasteiger partial charge in [0.1, 0.15) is 6.42 Å². The van der Waals surface area contributed by atoms with Gasteiger partial charge in [-0.2, -0.15) is 86.4 Å². The van der Waals surface area contributed by atoms with E-state index in [1.54, 1.807) is 0 Å². The molecule has 1 aliphatic rings. The van der Waals surface area contributed by atoms with Crippen LogP contribution in [-0.4, -0.2) is 84.7 Å². The summed E-state index contributed by atoms with van der Waals surface area (Å²) in [6.45, 7) is 6.48. The molecule has 13 nitrogen and oxygen atoms in total. The summed E-state index contributed by atoms with van der Waals surface area (Å²) in [5.41, 5.74) is -28.3. The normalized spacial score (nSPS) is 17.8. The molecule has 0 bridgehead atoms. The zero-order chi connectivity index (χ0) is 41.2. The third kappa shape index (κ3) is 15.8. The highest BCUT2D eigenvalue weighted by atomic mass is 32.2. The molecular formula is C19H33BF12O13S4Si2. The maximum absolute atomic E-state index is 12.4. The van der Waals surface area contributed by atoms with E-state index >= 15 is 0 Å². The van der Waals surface area contributed by atoms with Gasteiger partial charge in [-0.25, -0.2) is 0 Å². The van der Waals surface area contributed by atoms with E-state index in [0.717, 1.165) is 0 Å². The van der Waals surface area contributed by atoms with Crippen molar-refractivity contribution >= 4 is 63.8 Å². The quantitative estimate of drug-likeness (QED) is 0.0814. The molecule has 306 valence electrons. The third-order valence-corrected chi connectivity index (χ3v) is 12.5. The Morgan fingerprint density at radius 1 is 0.549 bits per heavy atom. The number of hydrogen-bond donors (Lipinski definition) is 0. The first kappa shape index (κ1) is 50.1. The van der Waals surface area contributed by atoms with Crippen LogP contribution in [0.5, 0.6) is 0 Å². The average molecular weight is 893 g/mol. The summed E-state index contributed by atoms with van der Waals surface area (Å²) in [5.74, 6) is 0. The lowest BCUT2D eigenvalue weighted by Gasteiger charge is -2.40. The number of hydrogen-bond acceptors (Lipinski definition) is 13. The van der Waals surface area contributed by atoms with Gasteiger partial charge < -0.3 is 20.8 Å². The molecule has 51 heavy (non-hydrogen) atoms. The van der Waals surface area contributed by atoms with E-state index in [2.05, 4.69) is 62.1 Å². The molecule has 0 unspecified atom stereocenters. The second kappa shape index (κ2) is 16.1. The maximum Gasteiger partial charge on any atom is 0.587 e. The van der Waals surface area contributed by atoms with Crippen LogP contribution in [0.25, 0.3) is 0 Å². The van der Waals surface area contributed by atoms with Crippen molar-refractivity contribution in [2.45, 2.75) is 111 Å². The predicted octanol–water partition coefficient (Wildman–Crippen LogP) is 6.36. The highest BCUT2D eigenvalue weighted by Crippen LogP contribution is 2.40. The number of alkyl halides is 12. The molecule has 1 rings (SSSR count). The molecule has 0 aromatic carbocycles. The lowest BCUT2D eigenvalue weighted by atomic mass is 9.82. The molecule has 0 heterocycles. The average Bonchev–Trinajstić information content (AvgIpc) is 2.78. The summed E-state index contributed by atoms with van der Waals surface area (Å²) in [4.78, 5) is 0. The molecule has 0 aromatic heterocycles. The molecule has 0 N–H and O–H groups in total. The Labute approximate surface area is 288 Å². The first-order valence-electron chi connectivity index (χ1n) is 13.7. The molecule has 1 fully saturated rings. The van der Waals surface area contributed by atoms with E-state index in [-0.39, 0.29) is 5.60 Å². The van der Waals surface area contributed by atoms with Gasteiger partial charge in [0.05, 0.1) is 26.1 Å². The largest absolute Gasteiger partial charge is 0.587 e. The topological polar surface area (TPSA) is 183 Å². The summed E-state index contributed by atoms with van der Waals surface area (Å²) in [5, 5.41) is 0. The van der Waals surface area contributed by atoms with Gasteiger partial charge in [0.2, 0.25) is 0 Å². The Hall–Kier alpha value is -0.871. The first-order valence-corrected chi connectivity index (χ1v) is 26.4. The molecule has 0 amide bonds. The van der Waals surface area contributed by atoms with Gasteiger partial charge in [-0.05, 0) is 32.5 Å². The molecule has 0 spiro atoms. The minimum absolute atomic E-state index is 0.211. The minimum Gasteiger partial charge on any atom is -0.408 e. The van der Waals surface area contributed by atoms with Crippen LogP contribution in [-0.2, 0) is 61.3 Å². The second-order valence-corrected chi connectivity index (χ2v) is 29.0. The van der Waals surface area contributed by atoms with Gasteiger partial charge in [-0.15, -0.1) is 0 Å². The monoisotopic (exact) mass is 892 g/mol. The van der Waals surface area contributed by atoms with E-state index < -0.39 is 85.9 Å². The minimum atomic E-state index is -8.05. The van der Waals surface area contributed by atoms with Gasteiger partial charge in [-0.1, -0.05) is 38.9 Å². The van der Waals surface area contributed by atoms with Gasteiger partial charge in [0, 0.05) is 0 Å². The van der Waals surface area contributed by atoms with Crippen molar-refractivity contribution < 1.29 is 107 Å². The van der Waals surface area contributed by atoms with Crippen molar-refractivity contribution in [3.63, 3.8) is 0 Å². The van der Waals surface area contributed by atoms with E-state index in [1.165, 1.54) is 44.6 Å².